The Labute approximate surface area is 180 Å². The number of benzene rings is 3. The van der Waals surface area contributed by atoms with Crippen molar-refractivity contribution in [1.29, 1.82) is 0 Å². The topological polar surface area (TPSA) is 91.5 Å². The van der Waals surface area contributed by atoms with E-state index in [9.17, 15) is 8.42 Å². The summed E-state index contributed by atoms with van der Waals surface area (Å²) in [6, 6.07) is 18.5. The molecule has 0 N–H and O–H groups in total. The van der Waals surface area contributed by atoms with Crippen molar-refractivity contribution in [2.24, 2.45) is 0 Å². The molecule has 4 rings (SSSR count). The number of sulfone groups is 1. The van der Waals surface area contributed by atoms with Crippen molar-refractivity contribution in [3.63, 3.8) is 0 Å². The molecule has 0 saturated heterocycles. The van der Waals surface area contributed by atoms with Gasteiger partial charge in [-0.3, -0.25) is 0 Å². The Bertz CT molecular complexity index is 1330. The minimum atomic E-state index is -3.79. The molecule has 4 aromatic rings. The number of aryl methyl sites for hydroxylation is 1. The molecule has 0 radical (unpaired) electrons. The zero-order valence-electron chi connectivity index (χ0n) is 17.2. The van der Waals surface area contributed by atoms with Crippen molar-refractivity contribution in [2.45, 2.75) is 16.7 Å². The molecule has 0 aliphatic rings. The van der Waals surface area contributed by atoms with Gasteiger partial charge >= 0.3 is 0 Å². The van der Waals surface area contributed by atoms with Gasteiger partial charge in [-0.05, 0) is 49.4 Å². The SMILES string of the molecule is COc1ccc(OC)c(-c2noc(-c3ccccc3S(=O)(=O)c3ccc(C)cc3)n2)c1. The molecule has 0 aliphatic heterocycles. The quantitative estimate of drug-likeness (QED) is 0.437. The van der Waals surface area contributed by atoms with Gasteiger partial charge in [0, 0.05) is 0 Å². The lowest BCUT2D eigenvalue weighted by atomic mass is 10.1. The maximum absolute atomic E-state index is 13.3. The molecule has 8 heteroatoms. The van der Waals surface area contributed by atoms with E-state index >= 15 is 0 Å². The first-order valence-electron chi connectivity index (χ1n) is 9.41. The fraction of sp³-hybridized carbons (Fsp3) is 0.130. The van der Waals surface area contributed by atoms with Crippen LogP contribution < -0.4 is 9.47 Å². The van der Waals surface area contributed by atoms with Crippen LogP contribution in [0.25, 0.3) is 22.8 Å². The van der Waals surface area contributed by atoms with E-state index in [-0.39, 0.29) is 21.5 Å². The van der Waals surface area contributed by atoms with Crippen LogP contribution in [-0.2, 0) is 9.84 Å². The molecule has 1 aromatic heterocycles. The van der Waals surface area contributed by atoms with Gasteiger partial charge in [-0.25, -0.2) is 8.42 Å². The molecule has 3 aromatic carbocycles. The molecule has 158 valence electrons. The summed E-state index contributed by atoms with van der Waals surface area (Å²) in [6.45, 7) is 1.90. The van der Waals surface area contributed by atoms with Crippen LogP contribution in [0.4, 0.5) is 0 Å². The Morgan fingerprint density at radius 2 is 1.61 bits per heavy atom. The Kier molecular flexibility index (Phi) is 5.48. The fourth-order valence-corrected chi connectivity index (χ4v) is 4.60. The molecule has 1 heterocycles. The van der Waals surface area contributed by atoms with Crippen LogP contribution in [0.5, 0.6) is 11.5 Å². The molecule has 0 aliphatic carbocycles. The second kappa shape index (κ2) is 8.23. The van der Waals surface area contributed by atoms with E-state index in [0.717, 1.165) is 5.56 Å². The maximum Gasteiger partial charge on any atom is 0.259 e. The molecule has 0 amide bonds. The molecular formula is C23H20N2O5S. The Morgan fingerprint density at radius 3 is 2.32 bits per heavy atom. The van der Waals surface area contributed by atoms with Gasteiger partial charge in [-0.1, -0.05) is 35.0 Å². The maximum atomic E-state index is 13.3. The first kappa shape index (κ1) is 20.6. The second-order valence-corrected chi connectivity index (χ2v) is 8.72. The monoisotopic (exact) mass is 436 g/mol. The van der Waals surface area contributed by atoms with Gasteiger partial charge in [0.2, 0.25) is 15.7 Å². The summed E-state index contributed by atoms with van der Waals surface area (Å²) in [5, 5.41) is 4.04. The van der Waals surface area contributed by atoms with E-state index < -0.39 is 9.84 Å². The van der Waals surface area contributed by atoms with Gasteiger partial charge in [-0.15, -0.1) is 0 Å². The number of hydrogen-bond acceptors (Lipinski definition) is 7. The minimum Gasteiger partial charge on any atom is -0.497 e. The summed E-state index contributed by atoms with van der Waals surface area (Å²) in [4.78, 5) is 4.72. The van der Waals surface area contributed by atoms with Crippen molar-refractivity contribution in [3.05, 3.63) is 72.3 Å². The first-order chi connectivity index (χ1) is 14.9. The van der Waals surface area contributed by atoms with Gasteiger partial charge in [-0.2, -0.15) is 4.98 Å². The number of hydrogen-bond donors (Lipinski definition) is 0. The molecule has 0 spiro atoms. The highest BCUT2D eigenvalue weighted by atomic mass is 32.2. The summed E-state index contributed by atoms with van der Waals surface area (Å²) in [6.07, 6.45) is 0. The second-order valence-electron chi connectivity index (χ2n) is 6.80. The van der Waals surface area contributed by atoms with Crippen LogP contribution >= 0.6 is 0 Å². The van der Waals surface area contributed by atoms with Crippen LogP contribution in [0.1, 0.15) is 5.56 Å². The third kappa shape index (κ3) is 3.89. The molecular weight excluding hydrogens is 416 g/mol. The largest absolute Gasteiger partial charge is 0.497 e. The summed E-state index contributed by atoms with van der Waals surface area (Å²) < 4.78 is 42.6. The van der Waals surface area contributed by atoms with Crippen molar-refractivity contribution in [3.8, 4) is 34.3 Å². The van der Waals surface area contributed by atoms with Gasteiger partial charge in [0.1, 0.15) is 11.5 Å². The minimum absolute atomic E-state index is 0.0890. The van der Waals surface area contributed by atoms with E-state index in [2.05, 4.69) is 10.1 Å². The lowest BCUT2D eigenvalue weighted by molar-refractivity contribution is 0.403. The van der Waals surface area contributed by atoms with E-state index in [1.165, 1.54) is 13.2 Å². The van der Waals surface area contributed by atoms with Crippen molar-refractivity contribution < 1.29 is 22.4 Å². The zero-order chi connectivity index (χ0) is 22.0. The van der Waals surface area contributed by atoms with E-state index in [1.54, 1.807) is 67.8 Å². The average molecular weight is 436 g/mol. The number of ether oxygens (including phenoxy) is 2. The number of aromatic nitrogens is 2. The lowest BCUT2D eigenvalue weighted by Gasteiger charge is -2.08. The molecule has 0 fully saturated rings. The third-order valence-electron chi connectivity index (χ3n) is 4.81. The number of nitrogens with zero attached hydrogens (tertiary/aromatic N) is 2. The van der Waals surface area contributed by atoms with Gasteiger partial charge < -0.3 is 14.0 Å². The van der Waals surface area contributed by atoms with Crippen molar-refractivity contribution in [1.82, 2.24) is 10.1 Å². The van der Waals surface area contributed by atoms with Crippen LogP contribution in [0.3, 0.4) is 0 Å². The van der Waals surface area contributed by atoms with E-state index in [0.29, 0.717) is 22.6 Å². The van der Waals surface area contributed by atoms with Crippen LogP contribution in [-0.4, -0.2) is 32.8 Å². The summed E-state index contributed by atoms with van der Waals surface area (Å²) in [7, 11) is -0.693. The van der Waals surface area contributed by atoms with Gasteiger partial charge in [0.15, 0.2) is 0 Å². The normalized spacial score (nSPS) is 11.3. The lowest BCUT2D eigenvalue weighted by Crippen LogP contribution is -2.04. The highest BCUT2D eigenvalue weighted by Crippen LogP contribution is 2.35. The fourth-order valence-electron chi connectivity index (χ4n) is 3.15. The predicted molar refractivity (Wildman–Crippen MR) is 115 cm³/mol. The van der Waals surface area contributed by atoms with Crippen LogP contribution in [0, 0.1) is 6.92 Å². The van der Waals surface area contributed by atoms with Crippen molar-refractivity contribution in [2.75, 3.05) is 14.2 Å². The summed E-state index contributed by atoms with van der Waals surface area (Å²) in [5.41, 5.74) is 1.86. The Morgan fingerprint density at radius 1 is 0.871 bits per heavy atom. The smallest absolute Gasteiger partial charge is 0.259 e. The first-order valence-corrected chi connectivity index (χ1v) is 10.9. The summed E-state index contributed by atoms with van der Waals surface area (Å²) in [5.74, 6) is 1.48. The standard InChI is InChI=1S/C23H20N2O5S/c1-15-8-11-17(12-9-15)31(26,27)21-7-5-4-6-18(21)23-24-22(25-30-23)19-14-16(28-2)10-13-20(19)29-3/h4-14H,1-3H3. The average Bonchev–Trinajstić information content (AvgIpc) is 3.29. The molecule has 0 saturated carbocycles. The number of rotatable bonds is 6. The van der Waals surface area contributed by atoms with Crippen LogP contribution in [0.15, 0.2) is 81.0 Å². The van der Waals surface area contributed by atoms with Gasteiger partial charge in [0.25, 0.3) is 5.89 Å². The number of methoxy groups -OCH3 is 2. The van der Waals surface area contributed by atoms with Crippen molar-refractivity contribution >= 4 is 9.84 Å². The molecule has 7 nitrogen and oxygen atoms in total. The third-order valence-corrected chi connectivity index (χ3v) is 6.64. The van der Waals surface area contributed by atoms with E-state index in [4.69, 9.17) is 14.0 Å². The zero-order valence-corrected chi connectivity index (χ0v) is 18.0. The Hall–Kier alpha value is -3.65. The van der Waals surface area contributed by atoms with Crippen LogP contribution in [0.2, 0.25) is 0 Å². The predicted octanol–water partition coefficient (Wildman–Crippen LogP) is 4.56. The molecule has 31 heavy (non-hydrogen) atoms. The highest BCUT2D eigenvalue weighted by molar-refractivity contribution is 7.91. The van der Waals surface area contributed by atoms with Gasteiger partial charge in [0.05, 0.1) is 35.1 Å². The summed E-state index contributed by atoms with van der Waals surface area (Å²) >= 11 is 0. The highest BCUT2D eigenvalue weighted by Gasteiger charge is 2.25. The molecule has 0 bridgehead atoms. The molecule has 0 unspecified atom stereocenters. The Balaban J connectivity index is 1.81. The molecule has 0 atom stereocenters. The van der Waals surface area contributed by atoms with E-state index in [1.807, 2.05) is 6.92 Å².